The van der Waals surface area contributed by atoms with Gasteiger partial charge in [0.1, 0.15) is 26.4 Å². The summed E-state index contributed by atoms with van der Waals surface area (Å²) in [7, 11) is 1.00. The van der Waals surface area contributed by atoms with Gasteiger partial charge in [-0.25, -0.2) is 9.36 Å². The topological polar surface area (TPSA) is 266 Å². The van der Waals surface area contributed by atoms with Gasteiger partial charge in [0.25, 0.3) is 0 Å². The van der Waals surface area contributed by atoms with Gasteiger partial charge in [0.2, 0.25) is 0 Å². The van der Waals surface area contributed by atoms with Gasteiger partial charge < -0.3 is 29.2 Å². The highest BCUT2D eigenvalue weighted by Crippen LogP contribution is 2.15. The highest BCUT2D eigenvalue weighted by Gasteiger charge is 2.20. The molecule has 0 unspecified atom stereocenters. The van der Waals surface area contributed by atoms with Crippen LogP contribution in [0.3, 0.4) is 0 Å². The van der Waals surface area contributed by atoms with Crippen molar-refractivity contribution >= 4 is 29.8 Å². The smallest absolute Gasteiger partial charge is 0.309 e. The molecule has 3 N–H and O–H groups in total. The molecule has 93 heavy (non-hydrogen) atoms. The van der Waals surface area contributed by atoms with Crippen LogP contribution in [0.25, 0.3) is 0 Å². The molecule has 6 aromatic carbocycles. The molecule has 0 radical (unpaired) electrons. The summed E-state index contributed by atoms with van der Waals surface area (Å²) in [6.45, 7) is 11.4. The average Bonchev–Trinajstić information content (AvgIpc) is 3.76. The minimum atomic E-state index is -0.831. The third-order valence-corrected chi connectivity index (χ3v) is 13.3. The fourth-order valence-corrected chi connectivity index (χ4v) is 8.08. The summed E-state index contributed by atoms with van der Waals surface area (Å²) in [4.78, 5) is 57.4. The Balaban J connectivity index is 0.000000256. The summed E-state index contributed by atoms with van der Waals surface area (Å²) in [6, 6.07) is 58.7. The zero-order valence-electron chi connectivity index (χ0n) is 53.5. The van der Waals surface area contributed by atoms with Crippen LogP contribution in [0.5, 0.6) is 0 Å². The number of aromatic nitrogens is 9. The Kier molecular flexibility index (Phi) is 35.1. The van der Waals surface area contributed by atoms with Crippen LogP contribution in [0.4, 0.5) is 0 Å². The molecule has 20 heteroatoms. The second kappa shape index (κ2) is 43.8. The Morgan fingerprint density at radius 3 is 0.978 bits per heavy atom. The molecule has 3 aromatic heterocycles. The molecule has 20 nitrogen and oxygen atoms in total. The van der Waals surface area contributed by atoms with Gasteiger partial charge in [0, 0.05) is 51.6 Å². The molecule has 0 bridgehead atoms. The lowest BCUT2D eigenvalue weighted by molar-refractivity contribution is -0.150. The van der Waals surface area contributed by atoms with Crippen LogP contribution in [-0.4, -0.2) is 92.6 Å². The van der Waals surface area contributed by atoms with E-state index in [-0.39, 0.29) is 47.5 Å². The third kappa shape index (κ3) is 31.0. The molecular weight excluding hydrogens is 1180 g/mol. The molecule has 0 aliphatic heterocycles. The average molecular weight is 1260 g/mol. The predicted octanol–water partition coefficient (Wildman–Crippen LogP) is 11.0. The maximum absolute atomic E-state index is 12.1. The quantitative estimate of drug-likeness (QED) is 0.0273. The van der Waals surface area contributed by atoms with Crippen LogP contribution < -0.4 is 0 Å². The Labute approximate surface area is 544 Å². The number of hydrogen-bond donors (Lipinski definition) is 3. The van der Waals surface area contributed by atoms with Crippen LogP contribution in [0.1, 0.15) is 97.9 Å². The van der Waals surface area contributed by atoms with Crippen LogP contribution in [0, 0.1) is 54.3 Å². The number of nitrogens with zero attached hydrogens (tertiary/aromatic N) is 8. The Morgan fingerprint density at radius 1 is 0.430 bits per heavy atom. The lowest BCUT2D eigenvalue weighted by Crippen LogP contribution is -2.17. The van der Waals surface area contributed by atoms with Crippen molar-refractivity contribution in [3.8, 4) is 24.7 Å². The second-order valence-electron chi connectivity index (χ2n) is 21.4. The Hall–Kier alpha value is -10.8. The Bertz CT molecular complexity index is 3460. The van der Waals surface area contributed by atoms with Gasteiger partial charge in [-0.3, -0.25) is 24.0 Å². The maximum atomic E-state index is 12.1. The zero-order chi connectivity index (χ0) is 67.4. The second-order valence-corrected chi connectivity index (χ2v) is 21.4. The minimum Gasteiger partial charge on any atom is -0.481 e. The monoisotopic (exact) mass is 1260 g/mol. The number of aromatic amines is 1. The first kappa shape index (κ1) is 74.6. The molecule has 3 heterocycles. The molecule has 0 aliphatic rings. The number of H-pyrrole nitrogens is 1. The van der Waals surface area contributed by atoms with Gasteiger partial charge in [-0.15, -0.1) is 34.9 Å². The number of hydrogen-bond acceptors (Lipinski definition) is 16. The summed E-state index contributed by atoms with van der Waals surface area (Å²) in [5.74, 6) is 1.61. The number of esters is 4. The van der Waals surface area contributed by atoms with Gasteiger partial charge in [-0.2, -0.15) is 15.4 Å². The van der Waals surface area contributed by atoms with Crippen molar-refractivity contribution in [1.29, 1.82) is 0 Å². The van der Waals surface area contributed by atoms with E-state index in [0.29, 0.717) is 71.6 Å². The van der Waals surface area contributed by atoms with Crippen molar-refractivity contribution in [1.82, 2.24) is 45.4 Å². The van der Waals surface area contributed by atoms with E-state index in [0.717, 1.165) is 57.6 Å². The molecule has 9 rings (SSSR count). The van der Waals surface area contributed by atoms with E-state index in [2.05, 4.69) is 47.9 Å². The van der Waals surface area contributed by atoms with Crippen LogP contribution in [0.2, 0.25) is 0 Å². The highest BCUT2D eigenvalue weighted by molar-refractivity contribution is 5.74. The first-order valence-corrected chi connectivity index (χ1v) is 30.2. The molecule has 0 fully saturated rings. The van der Waals surface area contributed by atoms with Crippen molar-refractivity contribution < 1.29 is 53.1 Å². The number of terminal acetylenes is 2. The molecule has 0 spiro atoms. The standard InChI is InChI=1S/2C20H21N3O2.C13H15N3O2.C13H14O2.C6H8O2.CH4O/c2*1-16(20(24)25-15-18-10-6-3-7-11-18)12-19-14-23(22-21-19)13-17-8-4-2-5-9-17;1-10(7-12-8-14-16-15-12)13(17)18-9-11-5-3-2-4-6-11;1-3-7-11(2)13(14)15-10-12-8-5-4-6-9-12;1-3-4-5(2)6(7)8;1-2/h2*2-11,14,16H,12-13,15H2,1H3;2-6,8,10H,7,9H2,1H3,(H,14,15,16);1,4-6,8-9,11H,7,10H2,2H3;1,5H,4H2,2H3,(H,7,8);2H,1H3/t2*16-;10-;11-;5-;/m00000./s1. The summed E-state index contributed by atoms with van der Waals surface area (Å²) in [5.41, 5.74) is 8.61. The van der Waals surface area contributed by atoms with E-state index in [1.54, 1.807) is 29.4 Å². The molecule has 0 aliphatic carbocycles. The predicted molar refractivity (Wildman–Crippen MR) is 352 cm³/mol. The van der Waals surface area contributed by atoms with Gasteiger partial charge in [0.15, 0.2) is 0 Å². The normalized spacial score (nSPS) is 11.7. The number of carbonyl (C=O) groups excluding carboxylic acids is 4. The molecule has 486 valence electrons. The number of nitrogens with one attached hydrogen (secondary N) is 1. The van der Waals surface area contributed by atoms with Crippen molar-refractivity contribution in [3.05, 3.63) is 251 Å². The molecule has 5 atom stereocenters. The lowest BCUT2D eigenvalue weighted by Gasteiger charge is -2.10. The fraction of sp³-hybridized carbons (Fsp3) is 0.301. The van der Waals surface area contributed by atoms with Crippen LogP contribution >= 0.6 is 0 Å². The van der Waals surface area contributed by atoms with E-state index in [9.17, 15) is 24.0 Å². The molecular formula is C73H83N9O11. The van der Waals surface area contributed by atoms with E-state index >= 15 is 0 Å². The summed E-state index contributed by atoms with van der Waals surface area (Å²) in [5, 5.41) is 41.9. The number of carboxylic acids is 1. The first-order chi connectivity index (χ1) is 45.1. The summed E-state index contributed by atoms with van der Waals surface area (Å²) >= 11 is 0. The van der Waals surface area contributed by atoms with E-state index < -0.39 is 11.9 Å². The van der Waals surface area contributed by atoms with Crippen molar-refractivity contribution in [2.45, 2.75) is 106 Å². The number of aliphatic hydroxyl groups excluding tert-OH is 1. The van der Waals surface area contributed by atoms with E-state index in [1.165, 1.54) is 0 Å². The molecule has 0 amide bonds. The first-order valence-electron chi connectivity index (χ1n) is 30.2. The summed E-state index contributed by atoms with van der Waals surface area (Å²) < 4.78 is 24.7. The van der Waals surface area contributed by atoms with Gasteiger partial charge in [0.05, 0.1) is 66.0 Å². The van der Waals surface area contributed by atoms with Crippen molar-refractivity contribution in [2.75, 3.05) is 7.11 Å². The molecule has 0 saturated heterocycles. The number of aliphatic hydroxyl groups is 1. The lowest BCUT2D eigenvalue weighted by atomic mass is 10.1. The molecule has 9 aromatic rings. The largest absolute Gasteiger partial charge is 0.481 e. The van der Waals surface area contributed by atoms with E-state index in [4.69, 9.17) is 42.0 Å². The maximum Gasteiger partial charge on any atom is 0.309 e. The van der Waals surface area contributed by atoms with Gasteiger partial charge in [-0.05, 0) is 33.4 Å². The number of rotatable bonds is 25. The number of benzene rings is 6. The highest BCUT2D eigenvalue weighted by atomic mass is 16.5. The van der Waals surface area contributed by atoms with Crippen molar-refractivity contribution in [3.63, 3.8) is 0 Å². The zero-order valence-corrected chi connectivity index (χ0v) is 53.5. The van der Waals surface area contributed by atoms with Gasteiger partial charge in [-0.1, -0.05) is 227 Å². The van der Waals surface area contributed by atoms with E-state index in [1.807, 2.05) is 215 Å². The fourth-order valence-electron chi connectivity index (χ4n) is 8.08. The number of aliphatic carboxylic acids is 1. The SMILES string of the molecule is C#CC[C@H](C)C(=O)O.C#CC[C@H](C)C(=O)OCc1ccccc1.CO.C[C@@H](Cc1cn(Cc2ccccc2)nn1)C(=O)OCc1ccccc1.C[C@@H](Cc1cn(Cc2ccccc2)nn1)C(=O)OCc1ccccc1.C[C@@H](Cc1cn[nH]n1)C(=O)OCc1ccccc1. The summed E-state index contributed by atoms with van der Waals surface area (Å²) in [6.07, 6.45) is 17.7. The number of carboxylic acid groups (broad SMARTS) is 1. The van der Waals surface area contributed by atoms with Gasteiger partial charge >= 0.3 is 29.8 Å². The number of ether oxygens (including phenoxy) is 4. The molecule has 0 saturated carbocycles. The van der Waals surface area contributed by atoms with Crippen LogP contribution in [-0.2, 0) is 102 Å². The number of carbonyl (C=O) groups is 5. The Morgan fingerprint density at radius 2 is 0.710 bits per heavy atom. The van der Waals surface area contributed by atoms with Crippen LogP contribution in [0.15, 0.2) is 201 Å². The minimum absolute atomic E-state index is 0.221. The van der Waals surface area contributed by atoms with Crippen molar-refractivity contribution in [2.24, 2.45) is 29.6 Å². The third-order valence-electron chi connectivity index (χ3n) is 13.3.